The van der Waals surface area contributed by atoms with Gasteiger partial charge in [0.15, 0.2) is 0 Å². The summed E-state index contributed by atoms with van der Waals surface area (Å²) in [6, 6.07) is 11.3. The molecule has 0 heterocycles. The molecule has 2 aromatic rings. The molecule has 2 N–H and O–H groups in total. The lowest BCUT2D eigenvalue weighted by atomic mass is 9.99. The quantitative estimate of drug-likeness (QED) is 0.891. The van der Waals surface area contributed by atoms with E-state index in [1.165, 1.54) is 0 Å². The van der Waals surface area contributed by atoms with E-state index < -0.39 is 0 Å². The van der Waals surface area contributed by atoms with Crippen molar-refractivity contribution in [3.63, 3.8) is 0 Å². The van der Waals surface area contributed by atoms with Gasteiger partial charge in [0.1, 0.15) is 5.75 Å². The molecule has 0 amide bonds. The Morgan fingerprint density at radius 1 is 1.11 bits per heavy atom. The molecule has 0 spiro atoms. The molecule has 0 saturated heterocycles. The molecular weight excluding hydrogens is 281 g/mol. The van der Waals surface area contributed by atoms with E-state index in [1.54, 1.807) is 13.2 Å². The maximum atomic E-state index is 6.27. The fourth-order valence-corrected chi connectivity index (χ4v) is 2.33. The Morgan fingerprint density at radius 3 is 2.47 bits per heavy atom. The zero-order valence-corrected chi connectivity index (χ0v) is 12.3. The van der Waals surface area contributed by atoms with E-state index >= 15 is 0 Å². The lowest BCUT2D eigenvalue weighted by Gasteiger charge is -2.14. The molecule has 0 aliphatic rings. The Morgan fingerprint density at radius 2 is 1.84 bits per heavy atom. The van der Waals surface area contributed by atoms with Crippen molar-refractivity contribution in [2.24, 2.45) is 5.73 Å². The number of hydrogen-bond donors (Lipinski definition) is 1. The average Bonchev–Trinajstić information content (AvgIpc) is 2.41. The monoisotopic (exact) mass is 295 g/mol. The number of ether oxygens (including phenoxy) is 1. The van der Waals surface area contributed by atoms with Crippen molar-refractivity contribution in [1.82, 2.24) is 0 Å². The zero-order valence-electron chi connectivity index (χ0n) is 10.8. The van der Waals surface area contributed by atoms with Gasteiger partial charge < -0.3 is 10.5 Å². The molecule has 0 saturated carbocycles. The van der Waals surface area contributed by atoms with E-state index in [-0.39, 0.29) is 6.04 Å². The fraction of sp³-hybridized carbons (Fsp3) is 0.200. The van der Waals surface area contributed by atoms with Crippen LogP contribution in [-0.4, -0.2) is 7.11 Å². The number of methoxy groups -OCH3 is 1. The van der Waals surface area contributed by atoms with Gasteiger partial charge in [-0.3, -0.25) is 0 Å². The first-order chi connectivity index (χ1) is 9.04. The molecule has 0 aromatic heterocycles. The largest absolute Gasteiger partial charge is 0.496 e. The number of halogens is 2. The molecule has 100 valence electrons. The van der Waals surface area contributed by atoms with Crippen molar-refractivity contribution in [2.45, 2.75) is 13.0 Å². The molecule has 0 bridgehead atoms. The Bertz CT molecular complexity index is 597. The molecule has 0 aliphatic carbocycles. The number of benzene rings is 2. The zero-order chi connectivity index (χ0) is 14.0. The summed E-state index contributed by atoms with van der Waals surface area (Å²) in [4.78, 5) is 0. The van der Waals surface area contributed by atoms with Crippen molar-refractivity contribution in [3.05, 3.63) is 52.0 Å². The van der Waals surface area contributed by atoms with Crippen LogP contribution in [-0.2, 0) is 0 Å². The van der Waals surface area contributed by atoms with Crippen molar-refractivity contribution in [3.8, 4) is 16.9 Å². The third-order valence-corrected chi connectivity index (χ3v) is 3.81. The second kappa shape index (κ2) is 5.83. The van der Waals surface area contributed by atoms with Crippen LogP contribution in [0.1, 0.15) is 18.5 Å². The van der Waals surface area contributed by atoms with Gasteiger partial charge in [0, 0.05) is 17.2 Å². The molecule has 19 heavy (non-hydrogen) atoms. The molecular formula is C15H15Cl2NO. The van der Waals surface area contributed by atoms with Gasteiger partial charge in [-0.15, -0.1) is 0 Å². The summed E-state index contributed by atoms with van der Waals surface area (Å²) in [6.45, 7) is 1.94. The summed E-state index contributed by atoms with van der Waals surface area (Å²) >= 11 is 12.3. The number of nitrogens with two attached hydrogens (primary N) is 1. The molecule has 2 nitrogen and oxygen atoms in total. The van der Waals surface area contributed by atoms with Crippen LogP contribution >= 0.6 is 23.2 Å². The van der Waals surface area contributed by atoms with E-state index in [0.29, 0.717) is 10.0 Å². The minimum atomic E-state index is -0.0531. The maximum absolute atomic E-state index is 6.27. The van der Waals surface area contributed by atoms with Crippen molar-refractivity contribution in [1.29, 1.82) is 0 Å². The fourth-order valence-electron chi connectivity index (χ4n) is 1.93. The van der Waals surface area contributed by atoms with Crippen LogP contribution in [0.5, 0.6) is 5.75 Å². The highest BCUT2D eigenvalue weighted by Gasteiger charge is 2.13. The van der Waals surface area contributed by atoms with Crippen molar-refractivity contribution >= 4 is 23.2 Å². The third-order valence-electron chi connectivity index (χ3n) is 2.99. The highest BCUT2D eigenvalue weighted by atomic mass is 35.5. The van der Waals surface area contributed by atoms with Crippen LogP contribution in [0.25, 0.3) is 11.1 Å². The predicted octanol–water partition coefficient (Wildman–Crippen LogP) is 4.69. The predicted molar refractivity (Wildman–Crippen MR) is 81.1 cm³/mol. The van der Waals surface area contributed by atoms with Crippen LogP contribution in [0.15, 0.2) is 36.4 Å². The summed E-state index contributed by atoms with van der Waals surface area (Å²) in [6.07, 6.45) is 0. The molecule has 0 radical (unpaired) electrons. The van der Waals surface area contributed by atoms with Crippen molar-refractivity contribution in [2.75, 3.05) is 7.11 Å². The van der Waals surface area contributed by atoms with Gasteiger partial charge in [-0.25, -0.2) is 0 Å². The minimum absolute atomic E-state index is 0.0531. The van der Waals surface area contributed by atoms with Crippen molar-refractivity contribution < 1.29 is 4.74 Å². The summed E-state index contributed by atoms with van der Waals surface area (Å²) in [5.74, 6) is 0.744. The topological polar surface area (TPSA) is 35.2 Å². The molecule has 2 rings (SSSR count). The second-order valence-electron chi connectivity index (χ2n) is 4.35. The summed E-state index contributed by atoms with van der Waals surface area (Å²) < 4.78 is 5.39. The molecule has 1 atom stereocenters. The van der Waals surface area contributed by atoms with Gasteiger partial charge in [0.2, 0.25) is 0 Å². The molecule has 0 fully saturated rings. The maximum Gasteiger partial charge on any atom is 0.126 e. The van der Waals surface area contributed by atoms with E-state index in [9.17, 15) is 0 Å². The SMILES string of the molecule is COc1ccc(C(C)N)cc1-c1cccc(Cl)c1Cl. The first-order valence-electron chi connectivity index (χ1n) is 5.92. The first kappa shape index (κ1) is 14.2. The summed E-state index contributed by atoms with van der Waals surface area (Å²) in [7, 11) is 1.63. The Hall–Kier alpha value is -1.22. The molecule has 1 unspecified atom stereocenters. The van der Waals surface area contributed by atoms with Crippen LogP contribution < -0.4 is 10.5 Å². The Labute approximate surface area is 123 Å². The smallest absolute Gasteiger partial charge is 0.126 e. The summed E-state index contributed by atoms with van der Waals surface area (Å²) in [5.41, 5.74) is 8.68. The normalized spacial score (nSPS) is 12.3. The second-order valence-corrected chi connectivity index (χ2v) is 5.13. The Kier molecular flexibility index (Phi) is 4.35. The lowest BCUT2D eigenvalue weighted by molar-refractivity contribution is 0.416. The van der Waals surface area contributed by atoms with Crippen LogP contribution in [0, 0.1) is 0 Å². The number of hydrogen-bond acceptors (Lipinski definition) is 2. The highest BCUT2D eigenvalue weighted by Crippen LogP contribution is 2.39. The average molecular weight is 296 g/mol. The highest BCUT2D eigenvalue weighted by molar-refractivity contribution is 6.43. The molecule has 2 aromatic carbocycles. The third kappa shape index (κ3) is 2.86. The van der Waals surface area contributed by atoms with Crippen LogP contribution in [0.3, 0.4) is 0 Å². The van der Waals surface area contributed by atoms with E-state index in [0.717, 1.165) is 22.4 Å². The van der Waals surface area contributed by atoms with Gasteiger partial charge in [-0.2, -0.15) is 0 Å². The van der Waals surface area contributed by atoms with Crippen LogP contribution in [0.4, 0.5) is 0 Å². The molecule has 0 aliphatic heterocycles. The number of rotatable bonds is 3. The van der Waals surface area contributed by atoms with Gasteiger partial charge in [-0.05, 0) is 30.7 Å². The van der Waals surface area contributed by atoms with Gasteiger partial charge in [0.25, 0.3) is 0 Å². The minimum Gasteiger partial charge on any atom is -0.496 e. The standard InChI is InChI=1S/C15H15Cl2NO/c1-9(18)10-6-7-14(19-2)12(8-10)11-4-3-5-13(16)15(11)17/h3-9H,18H2,1-2H3. The lowest BCUT2D eigenvalue weighted by Crippen LogP contribution is -2.05. The van der Waals surface area contributed by atoms with Gasteiger partial charge >= 0.3 is 0 Å². The van der Waals surface area contributed by atoms with E-state index in [1.807, 2.05) is 37.3 Å². The Balaban J connectivity index is 2.65. The van der Waals surface area contributed by atoms with E-state index in [2.05, 4.69) is 0 Å². The van der Waals surface area contributed by atoms with E-state index in [4.69, 9.17) is 33.7 Å². The van der Waals surface area contributed by atoms with Gasteiger partial charge in [-0.1, -0.05) is 41.4 Å². The van der Waals surface area contributed by atoms with Gasteiger partial charge in [0.05, 0.1) is 17.2 Å². The van der Waals surface area contributed by atoms with Crippen LogP contribution in [0.2, 0.25) is 10.0 Å². The molecule has 4 heteroatoms. The summed E-state index contributed by atoms with van der Waals surface area (Å²) in [5, 5.41) is 1.04. The first-order valence-corrected chi connectivity index (χ1v) is 6.68.